The lowest BCUT2D eigenvalue weighted by Crippen LogP contribution is -2.40. The van der Waals surface area contributed by atoms with Crippen LogP contribution in [0.2, 0.25) is 0 Å². The number of carbonyl (C=O) groups excluding carboxylic acids is 1. The minimum atomic E-state index is -1.10. The maximum atomic E-state index is 11.0. The normalized spacial score (nSPS) is 14.5. The van der Waals surface area contributed by atoms with Crippen LogP contribution in [0.1, 0.15) is 13.8 Å². The summed E-state index contributed by atoms with van der Waals surface area (Å²) in [6.07, 6.45) is -0.639. The second kappa shape index (κ2) is 6.33. The van der Waals surface area contributed by atoms with Crippen LogP contribution in [0.15, 0.2) is 0 Å². The van der Waals surface area contributed by atoms with Crippen LogP contribution in [-0.2, 0) is 14.3 Å². The van der Waals surface area contributed by atoms with Gasteiger partial charge in [-0.2, -0.15) is 0 Å². The van der Waals surface area contributed by atoms with Gasteiger partial charge < -0.3 is 20.3 Å². The van der Waals surface area contributed by atoms with Gasteiger partial charge in [-0.05, 0) is 13.8 Å². The van der Waals surface area contributed by atoms with E-state index in [1.165, 1.54) is 13.8 Å². The molecule has 0 spiro atoms. The molecule has 82 valence electrons. The Morgan fingerprint density at radius 2 is 2.00 bits per heavy atom. The molecule has 0 rings (SSSR count). The molecule has 0 heterocycles. The third-order valence-electron chi connectivity index (χ3n) is 1.34. The van der Waals surface area contributed by atoms with E-state index in [1.54, 1.807) is 0 Å². The zero-order valence-corrected chi connectivity index (χ0v) is 8.19. The molecule has 0 saturated heterocycles. The van der Waals surface area contributed by atoms with E-state index in [0.29, 0.717) is 0 Å². The number of aliphatic carboxylic acids is 1. The van der Waals surface area contributed by atoms with Gasteiger partial charge in [0.1, 0.15) is 12.6 Å². The Bertz CT molecular complexity index is 204. The van der Waals surface area contributed by atoms with Crippen LogP contribution >= 0.6 is 0 Å². The van der Waals surface area contributed by atoms with Gasteiger partial charge in [0.15, 0.2) is 0 Å². The van der Waals surface area contributed by atoms with E-state index in [-0.39, 0.29) is 13.2 Å². The quantitative estimate of drug-likeness (QED) is 0.515. The van der Waals surface area contributed by atoms with E-state index in [0.717, 1.165) is 0 Å². The second-order valence-corrected chi connectivity index (χ2v) is 2.99. The Balaban J connectivity index is 3.60. The highest BCUT2D eigenvalue weighted by molar-refractivity contribution is 5.83. The molecular formula is C8H15NO5. The van der Waals surface area contributed by atoms with Crippen molar-refractivity contribution in [2.45, 2.75) is 26.0 Å². The number of ether oxygens (including phenoxy) is 1. The topological polar surface area (TPSA) is 95.9 Å². The molecule has 0 aliphatic carbocycles. The van der Waals surface area contributed by atoms with E-state index >= 15 is 0 Å². The fourth-order valence-corrected chi connectivity index (χ4v) is 0.667. The molecule has 0 fully saturated rings. The van der Waals surface area contributed by atoms with Crippen molar-refractivity contribution in [1.82, 2.24) is 5.32 Å². The number of rotatable bonds is 6. The fraction of sp³-hybridized carbons (Fsp3) is 0.750. The number of aliphatic hydroxyl groups is 1. The first-order valence-electron chi connectivity index (χ1n) is 4.21. The number of hydrogen-bond acceptors (Lipinski definition) is 4. The van der Waals surface area contributed by atoms with Crippen molar-refractivity contribution in [3.05, 3.63) is 0 Å². The Hall–Kier alpha value is -1.14. The Kier molecular flexibility index (Phi) is 5.82. The molecule has 0 bridgehead atoms. The number of hydrogen-bond donors (Lipinski definition) is 3. The summed E-state index contributed by atoms with van der Waals surface area (Å²) in [5.74, 6) is -1.62. The van der Waals surface area contributed by atoms with Gasteiger partial charge in [-0.15, -0.1) is 0 Å². The molecular weight excluding hydrogens is 190 g/mol. The summed E-state index contributed by atoms with van der Waals surface area (Å²) in [7, 11) is 0. The Morgan fingerprint density at radius 3 is 2.43 bits per heavy atom. The standard InChI is InChI=1S/C8H15NO5/c1-5(10)3-14-4-7(11)9-6(2)8(12)13/h5-6,10H,3-4H2,1-2H3,(H,9,11)(H,12,13)/t5?,6-/m0/s1. The molecule has 6 nitrogen and oxygen atoms in total. The summed E-state index contributed by atoms with van der Waals surface area (Å²) >= 11 is 0. The summed E-state index contributed by atoms with van der Waals surface area (Å²) in [5, 5.41) is 19.4. The van der Waals surface area contributed by atoms with Gasteiger partial charge in [-0.25, -0.2) is 0 Å². The maximum absolute atomic E-state index is 11.0. The zero-order valence-electron chi connectivity index (χ0n) is 8.19. The molecule has 6 heteroatoms. The van der Waals surface area contributed by atoms with Crippen molar-refractivity contribution < 1.29 is 24.5 Å². The highest BCUT2D eigenvalue weighted by Crippen LogP contribution is 1.85. The van der Waals surface area contributed by atoms with Crippen LogP contribution in [0.4, 0.5) is 0 Å². The van der Waals surface area contributed by atoms with E-state index < -0.39 is 24.0 Å². The SMILES string of the molecule is CC(O)COCC(=O)N[C@@H](C)C(=O)O. The fourth-order valence-electron chi connectivity index (χ4n) is 0.667. The Labute approximate surface area is 81.9 Å². The minimum Gasteiger partial charge on any atom is -0.480 e. The summed E-state index contributed by atoms with van der Waals surface area (Å²) in [6, 6.07) is -0.933. The minimum absolute atomic E-state index is 0.0505. The lowest BCUT2D eigenvalue weighted by atomic mass is 10.3. The summed E-state index contributed by atoms with van der Waals surface area (Å²) in [4.78, 5) is 21.3. The largest absolute Gasteiger partial charge is 0.480 e. The van der Waals surface area contributed by atoms with Gasteiger partial charge in [0, 0.05) is 0 Å². The predicted octanol–water partition coefficient (Wildman–Crippen LogP) is -1.03. The van der Waals surface area contributed by atoms with Gasteiger partial charge in [0.25, 0.3) is 0 Å². The molecule has 0 aromatic carbocycles. The van der Waals surface area contributed by atoms with Crippen molar-refractivity contribution in [3.8, 4) is 0 Å². The third-order valence-corrected chi connectivity index (χ3v) is 1.34. The summed E-state index contributed by atoms with van der Waals surface area (Å²) in [6.45, 7) is 2.68. The molecule has 14 heavy (non-hydrogen) atoms. The van der Waals surface area contributed by atoms with Crippen LogP contribution in [0, 0.1) is 0 Å². The average molecular weight is 205 g/mol. The first-order valence-corrected chi connectivity index (χ1v) is 4.21. The maximum Gasteiger partial charge on any atom is 0.325 e. The molecule has 1 unspecified atom stereocenters. The average Bonchev–Trinajstić information content (AvgIpc) is 2.02. The highest BCUT2D eigenvalue weighted by atomic mass is 16.5. The lowest BCUT2D eigenvalue weighted by molar-refractivity contribution is -0.142. The summed E-state index contributed by atoms with van der Waals surface area (Å²) < 4.78 is 4.78. The molecule has 1 amide bonds. The van der Waals surface area contributed by atoms with E-state index in [9.17, 15) is 9.59 Å². The van der Waals surface area contributed by atoms with Crippen LogP contribution < -0.4 is 5.32 Å². The van der Waals surface area contributed by atoms with Gasteiger partial charge in [0.2, 0.25) is 5.91 Å². The molecule has 0 aliphatic heterocycles. The number of carbonyl (C=O) groups is 2. The van der Waals surface area contributed by atoms with Crippen molar-refractivity contribution in [2.75, 3.05) is 13.2 Å². The number of amides is 1. The number of aliphatic hydroxyl groups excluding tert-OH is 1. The van der Waals surface area contributed by atoms with Crippen molar-refractivity contribution in [3.63, 3.8) is 0 Å². The first kappa shape index (κ1) is 12.9. The van der Waals surface area contributed by atoms with Gasteiger partial charge >= 0.3 is 5.97 Å². The van der Waals surface area contributed by atoms with Crippen molar-refractivity contribution in [2.24, 2.45) is 0 Å². The predicted molar refractivity (Wildman–Crippen MR) is 47.7 cm³/mol. The molecule has 0 aromatic heterocycles. The van der Waals surface area contributed by atoms with Gasteiger partial charge in [-0.1, -0.05) is 0 Å². The van der Waals surface area contributed by atoms with Crippen molar-refractivity contribution >= 4 is 11.9 Å². The smallest absolute Gasteiger partial charge is 0.325 e. The van der Waals surface area contributed by atoms with Gasteiger partial charge in [0.05, 0.1) is 12.7 Å². The third kappa shape index (κ3) is 6.38. The van der Waals surface area contributed by atoms with Gasteiger partial charge in [-0.3, -0.25) is 9.59 Å². The highest BCUT2D eigenvalue weighted by Gasteiger charge is 2.13. The monoisotopic (exact) mass is 205 g/mol. The first-order chi connectivity index (χ1) is 6.43. The van der Waals surface area contributed by atoms with Crippen LogP contribution in [0.25, 0.3) is 0 Å². The number of nitrogens with one attached hydrogen (secondary N) is 1. The lowest BCUT2D eigenvalue weighted by Gasteiger charge is -2.10. The molecule has 0 saturated carbocycles. The van der Waals surface area contributed by atoms with E-state index in [1.807, 2.05) is 0 Å². The molecule has 0 aromatic rings. The molecule has 2 atom stereocenters. The molecule has 0 radical (unpaired) electrons. The zero-order chi connectivity index (χ0) is 11.1. The van der Waals surface area contributed by atoms with E-state index in [2.05, 4.69) is 5.32 Å². The molecule has 3 N–H and O–H groups in total. The molecule has 0 aliphatic rings. The van der Waals surface area contributed by atoms with Crippen LogP contribution in [0.3, 0.4) is 0 Å². The summed E-state index contributed by atoms with van der Waals surface area (Å²) in [5.41, 5.74) is 0. The number of carboxylic acid groups (broad SMARTS) is 1. The van der Waals surface area contributed by atoms with E-state index in [4.69, 9.17) is 14.9 Å². The van der Waals surface area contributed by atoms with Crippen molar-refractivity contribution in [1.29, 1.82) is 0 Å². The van der Waals surface area contributed by atoms with Crippen LogP contribution in [0.5, 0.6) is 0 Å². The second-order valence-electron chi connectivity index (χ2n) is 2.99. The Morgan fingerprint density at radius 1 is 1.43 bits per heavy atom. The number of carboxylic acids is 1. The van der Waals surface area contributed by atoms with Crippen LogP contribution in [-0.4, -0.2) is 47.4 Å².